The zero-order chi connectivity index (χ0) is 23.1. The molecule has 10 heteroatoms. The van der Waals surface area contributed by atoms with Crippen molar-refractivity contribution in [3.05, 3.63) is 82.3 Å². The molecule has 2 aromatic heterocycles. The van der Waals surface area contributed by atoms with Crippen LogP contribution in [0.3, 0.4) is 0 Å². The van der Waals surface area contributed by atoms with E-state index in [2.05, 4.69) is 16.0 Å². The summed E-state index contributed by atoms with van der Waals surface area (Å²) in [6.07, 6.45) is 1.22. The van der Waals surface area contributed by atoms with Crippen LogP contribution in [0.4, 0.5) is 10.5 Å². The molecule has 0 aliphatic carbocycles. The number of hydrogen-bond acceptors (Lipinski definition) is 5. The molecule has 0 aliphatic heterocycles. The van der Waals surface area contributed by atoms with Gasteiger partial charge in [0.2, 0.25) is 0 Å². The number of anilines is 1. The van der Waals surface area contributed by atoms with Crippen LogP contribution in [0.2, 0.25) is 0 Å². The molecule has 0 fully saturated rings. The molecular weight excluding hydrogens is 411 g/mol. The molecule has 4 N–H and O–H groups in total. The first kappa shape index (κ1) is 22.6. The van der Waals surface area contributed by atoms with Crippen LogP contribution in [0, 0.1) is 0 Å². The molecule has 0 bridgehead atoms. The molecule has 162 valence electrons. The zero-order valence-corrected chi connectivity index (χ0v) is 17.1. The second kappa shape index (κ2) is 10.3. The van der Waals surface area contributed by atoms with Crippen molar-refractivity contribution in [3.8, 4) is 0 Å². The number of nitrogens with one attached hydrogen (secondary N) is 3. The van der Waals surface area contributed by atoms with Gasteiger partial charge in [-0.3, -0.25) is 23.6 Å². The Morgan fingerprint density at radius 3 is 2.47 bits per heavy atom. The van der Waals surface area contributed by atoms with Crippen molar-refractivity contribution in [1.82, 2.24) is 15.0 Å². The first-order valence-corrected chi connectivity index (χ1v) is 9.85. The molecule has 3 rings (SSSR count). The van der Waals surface area contributed by atoms with Crippen molar-refractivity contribution in [3.63, 3.8) is 0 Å². The number of pyridine rings is 2. The van der Waals surface area contributed by atoms with Gasteiger partial charge < -0.3 is 21.1 Å². The quantitative estimate of drug-likeness (QED) is 0.300. The molecule has 0 spiro atoms. The lowest BCUT2D eigenvalue weighted by atomic mass is 10.0. The van der Waals surface area contributed by atoms with Crippen LogP contribution in [0.15, 0.2) is 65.6 Å². The van der Waals surface area contributed by atoms with Crippen molar-refractivity contribution in [2.45, 2.75) is 12.5 Å². The smallest absolute Gasteiger partial charge is 0.305 e. The Morgan fingerprint density at radius 1 is 1.03 bits per heavy atom. The van der Waals surface area contributed by atoms with Gasteiger partial charge in [-0.25, -0.2) is 0 Å². The Morgan fingerprint density at radius 2 is 1.78 bits per heavy atom. The SMILES string of the molecule is [B]C(=O)NCCNc1ccn2c(=O)c(C(=O)NC(CC(=O)O)c3ccccc3)ccc2c1. The lowest BCUT2D eigenvalue weighted by Gasteiger charge is -2.17. The fourth-order valence-electron chi connectivity index (χ4n) is 3.22. The van der Waals surface area contributed by atoms with E-state index in [9.17, 15) is 24.3 Å². The molecule has 1 atom stereocenters. The number of carbonyl (C=O) groups is 3. The van der Waals surface area contributed by atoms with Gasteiger partial charge in [0.15, 0.2) is 13.7 Å². The number of rotatable bonds is 9. The summed E-state index contributed by atoms with van der Waals surface area (Å²) >= 11 is 0. The van der Waals surface area contributed by atoms with Gasteiger partial charge >= 0.3 is 5.97 Å². The molecule has 32 heavy (non-hydrogen) atoms. The maximum Gasteiger partial charge on any atom is 0.305 e. The summed E-state index contributed by atoms with van der Waals surface area (Å²) in [7, 11) is 5.01. The summed E-state index contributed by atoms with van der Waals surface area (Å²) in [5.41, 5.74) is 1.29. The largest absolute Gasteiger partial charge is 0.481 e. The van der Waals surface area contributed by atoms with E-state index < -0.39 is 29.3 Å². The number of benzene rings is 1. The summed E-state index contributed by atoms with van der Waals surface area (Å²) in [5, 5.41) is 17.4. The summed E-state index contributed by atoms with van der Waals surface area (Å²) < 4.78 is 1.33. The van der Waals surface area contributed by atoms with Crippen LogP contribution in [-0.2, 0) is 4.79 Å². The minimum Gasteiger partial charge on any atom is -0.481 e. The molecule has 2 amide bonds. The number of aliphatic carboxylic acids is 1. The Labute approximate surface area is 184 Å². The van der Waals surface area contributed by atoms with E-state index in [-0.39, 0.29) is 12.0 Å². The van der Waals surface area contributed by atoms with Gasteiger partial charge in [0.05, 0.1) is 18.0 Å². The monoisotopic (exact) mass is 432 g/mol. The Balaban J connectivity index is 1.79. The summed E-state index contributed by atoms with van der Waals surface area (Å²) in [6.45, 7) is 0.777. The molecule has 0 saturated heterocycles. The normalized spacial score (nSPS) is 11.5. The number of nitrogens with zero attached hydrogens (tertiary/aromatic N) is 1. The van der Waals surface area contributed by atoms with Crippen molar-refractivity contribution in [2.24, 2.45) is 0 Å². The molecule has 0 saturated carbocycles. The number of carboxylic acids is 1. The summed E-state index contributed by atoms with van der Waals surface area (Å²) in [5.74, 6) is -2.33. The van der Waals surface area contributed by atoms with E-state index in [1.807, 2.05) is 0 Å². The lowest BCUT2D eigenvalue weighted by molar-refractivity contribution is -0.137. The average Bonchev–Trinajstić information content (AvgIpc) is 2.76. The molecule has 0 aliphatic rings. The van der Waals surface area contributed by atoms with Crippen molar-refractivity contribution >= 4 is 36.7 Å². The highest BCUT2D eigenvalue weighted by atomic mass is 16.4. The lowest BCUT2D eigenvalue weighted by Crippen LogP contribution is -2.34. The molecule has 9 nitrogen and oxygen atoms in total. The third-order valence-electron chi connectivity index (χ3n) is 4.74. The number of aromatic nitrogens is 1. The number of hydrogen-bond donors (Lipinski definition) is 4. The first-order chi connectivity index (χ1) is 15.3. The van der Waals surface area contributed by atoms with E-state index in [0.717, 1.165) is 5.69 Å². The maximum atomic E-state index is 12.9. The van der Waals surface area contributed by atoms with Gasteiger partial charge in [0.25, 0.3) is 11.5 Å². The summed E-state index contributed by atoms with van der Waals surface area (Å²) in [6, 6.07) is 14.4. The minimum atomic E-state index is -1.07. The molecule has 2 heterocycles. The van der Waals surface area contributed by atoms with Crippen molar-refractivity contribution < 1.29 is 19.5 Å². The van der Waals surface area contributed by atoms with Crippen molar-refractivity contribution in [2.75, 3.05) is 18.4 Å². The number of amides is 2. The predicted molar refractivity (Wildman–Crippen MR) is 120 cm³/mol. The zero-order valence-electron chi connectivity index (χ0n) is 17.1. The summed E-state index contributed by atoms with van der Waals surface area (Å²) in [4.78, 5) is 47.6. The Hall–Kier alpha value is -4.08. The molecule has 2 radical (unpaired) electrons. The molecule has 1 aromatic carbocycles. The fraction of sp³-hybridized carbons (Fsp3) is 0.182. The van der Waals surface area contributed by atoms with E-state index in [0.29, 0.717) is 24.2 Å². The van der Waals surface area contributed by atoms with E-state index in [1.165, 1.54) is 16.7 Å². The van der Waals surface area contributed by atoms with Gasteiger partial charge in [-0.05, 0) is 29.8 Å². The molecule has 3 aromatic rings. The van der Waals surface area contributed by atoms with Gasteiger partial charge in [-0.15, -0.1) is 0 Å². The van der Waals surface area contributed by atoms with Gasteiger partial charge in [-0.2, -0.15) is 0 Å². The second-order valence-corrected chi connectivity index (χ2v) is 7.01. The van der Waals surface area contributed by atoms with Crippen LogP contribution < -0.4 is 21.5 Å². The second-order valence-electron chi connectivity index (χ2n) is 7.01. The van der Waals surface area contributed by atoms with E-state index in [1.54, 1.807) is 48.5 Å². The van der Waals surface area contributed by atoms with Crippen LogP contribution in [0.25, 0.3) is 5.52 Å². The van der Waals surface area contributed by atoms with E-state index in [4.69, 9.17) is 7.85 Å². The molecular formula is C22H21BN4O5. The Bertz CT molecular complexity index is 1200. The highest BCUT2D eigenvalue weighted by molar-refractivity contribution is 6.57. The van der Waals surface area contributed by atoms with E-state index >= 15 is 0 Å². The van der Waals surface area contributed by atoms with Gasteiger partial charge in [0, 0.05) is 25.0 Å². The number of carboxylic acid groups (broad SMARTS) is 1. The van der Waals surface area contributed by atoms with Crippen LogP contribution in [0.1, 0.15) is 28.4 Å². The maximum absolute atomic E-state index is 12.9. The topological polar surface area (TPSA) is 129 Å². The van der Waals surface area contributed by atoms with Gasteiger partial charge in [-0.1, -0.05) is 30.3 Å². The molecule has 1 unspecified atom stereocenters. The predicted octanol–water partition coefficient (Wildman–Crippen LogP) is 1.54. The number of carbonyl (C=O) groups excluding carboxylic acids is 2. The third-order valence-corrected chi connectivity index (χ3v) is 4.74. The fourth-order valence-corrected chi connectivity index (χ4v) is 3.22. The highest BCUT2D eigenvalue weighted by Gasteiger charge is 2.21. The minimum absolute atomic E-state index is 0.0970. The van der Waals surface area contributed by atoms with Crippen LogP contribution >= 0.6 is 0 Å². The van der Waals surface area contributed by atoms with Gasteiger partial charge in [0.1, 0.15) is 5.56 Å². The first-order valence-electron chi connectivity index (χ1n) is 9.85. The third kappa shape index (κ3) is 5.75. The average molecular weight is 432 g/mol. The highest BCUT2D eigenvalue weighted by Crippen LogP contribution is 2.17. The van der Waals surface area contributed by atoms with Crippen LogP contribution in [-0.4, -0.2) is 48.1 Å². The van der Waals surface area contributed by atoms with Crippen LogP contribution in [0.5, 0.6) is 0 Å². The van der Waals surface area contributed by atoms with Crippen molar-refractivity contribution in [1.29, 1.82) is 0 Å². The Kier molecular flexibility index (Phi) is 7.27. The number of fused-ring (bicyclic) bond motifs is 1. The standard InChI is InChI=1S/C22H21BN4O5/c23-22(32)25-10-9-24-15-8-11-27-16(12-15)6-7-17(21(27)31)20(30)26-18(13-19(28)29)14-4-2-1-3-5-14/h1-8,11-12,18,24H,9-10,13H2,(H,25,32)(H,26,30)(H,28,29).